The first-order valence-corrected chi connectivity index (χ1v) is 10.2. The number of ether oxygens (including phenoxy) is 3. The molecule has 0 aliphatic heterocycles. The highest BCUT2D eigenvalue weighted by Gasteiger charge is 2.13. The number of nitrogen functional groups attached to an aromatic ring is 2. The Kier molecular flexibility index (Phi) is 7.64. The number of para-hydroxylation sites is 2. The molecule has 8 heteroatoms. The van der Waals surface area contributed by atoms with E-state index in [1.54, 1.807) is 45.6 Å². The van der Waals surface area contributed by atoms with E-state index in [1.165, 1.54) is 6.08 Å². The molecule has 8 nitrogen and oxygen atoms in total. The summed E-state index contributed by atoms with van der Waals surface area (Å²) in [6.45, 7) is 0.488. The van der Waals surface area contributed by atoms with Crippen LogP contribution in [0.2, 0.25) is 0 Å². The van der Waals surface area contributed by atoms with Crippen LogP contribution in [0.4, 0.5) is 22.7 Å². The Hall–Kier alpha value is -4.33. The van der Waals surface area contributed by atoms with Crippen molar-refractivity contribution in [2.45, 2.75) is 6.54 Å². The zero-order valence-corrected chi connectivity index (χ0v) is 18.8. The van der Waals surface area contributed by atoms with E-state index in [1.807, 2.05) is 36.4 Å². The summed E-state index contributed by atoms with van der Waals surface area (Å²) in [6, 6.07) is 16.4. The van der Waals surface area contributed by atoms with Crippen LogP contribution in [0.3, 0.4) is 0 Å². The van der Waals surface area contributed by atoms with Gasteiger partial charge in [-0.3, -0.25) is 4.79 Å². The van der Waals surface area contributed by atoms with Crippen molar-refractivity contribution in [1.82, 2.24) is 0 Å². The molecule has 0 unspecified atom stereocenters. The fraction of sp³-hybridized carbons (Fsp3) is 0.160. The van der Waals surface area contributed by atoms with Gasteiger partial charge in [0.05, 0.1) is 32.7 Å². The Labute approximate surface area is 193 Å². The maximum atomic E-state index is 12.2. The average Bonchev–Trinajstić information content (AvgIpc) is 2.82. The number of nitrogens with two attached hydrogens (primary N) is 2. The number of carbonyl (C=O) groups excluding carboxylic acids is 1. The van der Waals surface area contributed by atoms with Crippen molar-refractivity contribution in [3.63, 3.8) is 0 Å². The molecule has 0 saturated heterocycles. The Morgan fingerprint density at radius 3 is 2.21 bits per heavy atom. The maximum Gasteiger partial charge on any atom is 0.248 e. The molecule has 3 rings (SSSR count). The van der Waals surface area contributed by atoms with Gasteiger partial charge in [-0.05, 0) is 35.4 Å². The van der Waals surface area contributed by atoms with E-state index in [0.717, 1.165) is 16.8 Å². The molecule has 0 heterocycles. The van der Waals surface area contributed by atoms with Crippen molar-refractivity contribution in [2.24, 2.45) is 0 Å². The van der Waals surface area contributed by atoms with E-state index in [2.05, 4.69) is 10.6 Å². The molecular weight excluding hydrogens is 420 g/mol. The second kappa shape index (κ2) is 10.8. The molecule has 1 amide bonds. The highest BCUT2D eigenvalue weighted by Crippen LogP contribution is 2.40. The highest BCUT2D eigenvalue weighted by atomic mass is 16.5. The summed E-state index contributed by atoms with van der Waals surface area (Å²) in [7, 11) is 4.70. The maximum absolute atomic E-state index is 12.2. The van der Waals surface area contributed by atoms with Crippen LogP contribution < -0.4 is 36.3 Å². The molecule has 0 aliphatic carbocycles. The number of benzene rings is 3. The molecule has 6 N–H and O–H groups in total. The Morgan fingerprint density at radius 1 is 0.909 bits per heavy atom. The largest absolute Gasteiger partial charge is 0.493 e. The van der Waals surface area contributed by atoms with Gasteiger partial charge < -0.3 is 36.3 Å². The summed E-state index contributed by atoms with van der Waals surface area (Å²) >= 11 is 0. The van der Waals surface area contributed by atoms with Crippen LogP contribution in [0.25, 0.3) is 6.08 Å². The van der Waals surface area contributed by atoms with Gasteiger partial charge in [0.25, 0.3) is 0 Å². The number of nitrogens with one attached hydrogen (secondary N) is 2. The summed E-state index contributed by atoms with van der Waals surface area (Å²) in [5.74, 6) is 1.37. The van der Waals surface area contributed by atoms with Crippen LogP contribution in [-0.4, -0.2) is 27.2 Å². The number of carbonyl (C=O) groups is 1. The molecule has 0 aromatic heterocycles. The van der Waals surface area contributed by atoms with Crippen LogP contribution in [0.15, 0.2) is 60.7 Å². The minimum absolute atomic E-state index is 0.278. The first-order chi connectivity index (χ1) is 15.9. The van der Waals surface area contributed by atoms with Gasteiger partial charge in [0.15, 0.2) is 11.5 Å². The van der Waals surface area contributed by atoms with Crippen LogP contribution in [0.1, 0.15) is 11.1 Å². The van der Waals surface area contributed by atoms with E-state index in [-0.39, 0.29) is 5.91 Å². The van der Waals surface area contributed by atoms with E-state index in [9.17, 15) is 4.79 Å². The molecule has 172 valence electrons. The van der Waals surface area contributed by atoms with Crippen LogP contribution in [0, 0.1) is 0 Å². The van der Waals surface area contributed by atoms with Crippen molar-refractivity contribution in [3.05, 3.63) is 71.8 Å². The normalized spacial score (nSPS) is 10.6. The quantitative estimate of drug-likeness (QED) is 0.287. The predicted molar refractivity (Wildman–Crippen MR) is 133 cm³/mol. The number of anilines is 4. The Balaban J connectivity index is 1.66. The fourth-order valence-corrected chi connectivity index (χ4v) is 3.22. The van der Waals surface area contributed by atoms with Gasteiger partial charge in [0, 0.05) is 36.1 Å². The molecule has 0 aliphatic rings. The molecule has 0 atom stereocenters. The van der Waals surface area contributed by atoms with Gasteiger partial charge in [0.1, 0.15) is 0 Å². The lowest BCUT2D eigenvalue weighted by Gasteiger charge is -2.15. The standard InChI is InChI=1S/C25H28N4O4/c1-31-22-13-18(14-23(32-2)25(22)33-3)28-15-17-10-8-16(12-20(17)27)9-11-24(30)29-21-7-5-4-6-19(21)26/h4-14,28H,15,26-27H2,1-3H3,(H,29,30). The van der Waals surface area contributed by atoms with Crippen LogP contribution >= 0.6 is 0 Å². The molecule has 0 radical (unpaired) electrons. The van der Waals surface area contributed by atoms with Crippen LogP contribution in [-0.2, 0) is 11.3 Å². The van der Waals surface area contributed by atoms with Gasteiger partial charge in [0.2, 0.25) is 11.7 Å². The van der Waals surface area contributed by atoms with E-state index < -0.39 is 0 Å². The zero-order valence-electron chi connectivity index (χ0n) is 18.8. The summed E-state index contributed by atoms with van der Waals surface area (Å²) in [6.07, 6.45) is 3.14. The first-order valence-electron chi connectivity index (χ1n) is 10.2. The van der Waals surface area contributed by atoms with Crippen molar-refractivity contribution in [3.8, 4) is 17.2 Å². The highest BCUT2D eigenvalue weighted by molar-refractivity contribution is 6.03. The molecule has 0 spiro atoms. The van der Waals surface area contributed by atoms with Crippen molar-refractivity contribution >= 4 is 34.7 Å². The number of amides is 1. The summed E-state index contributed by atoms with van der Waals surface area (Å²) in [5, 5.41) is 6.07. The lowest BCUT2D eigenvalue weighted by molar-refractivity contribution is -0.111. The first kappa shape index (κ1) is 23.3. The van der Waals surface area contributed by atoms with Gasteiger partial charge in [-0.2, -0.15) is 0 Å². The van der Waals surface area contributed by atoms with Gasteiger partial charge in [-0.1, -0.05) is 24.3 Å². The van der Waals surface area contributed by atoms with Gasteiger partial charge >= 0.3 is 0 Å². The molecule has 33 heavy (non-hydrogen) atoms. The average molecular weight is 449 g/mol. The van der Waals surface area contributed by atoms with E-state index in [0.29, 0.717) is 40.9 Å². The number of hydrogen-bond acceptors (Lipinski definition) is 7. The predicted octanol–water partition coefficient (Wildman–Crippen LogP) is 4.14. The Bertz CT molecular complexity index is 1140. The molecule has 0 bridgehead atoms. The summed E-state index contributed by atoms with van der Waals surface area (Å²) in [5.41, 5.74) is 16.3. The summed E-state index contributed by atoms with van der Waals surface area (Å²) in [4.78, 5) is 12.2. The minimum Gasteiger partial charge on any atom is -0.493 e. The third kappa shape index (κ3) is 5.88. The Morgan fingerprint density at radius 2 is 1.61 bits per heavy atom. The third-order valence-electron chi connectivity index (χ3n) is 4.96. The molecule has 3 aromatic carbocycles. The number of hydrogen-bond donors (Lipinski definition) is 4. The molecule has 0 fully saturated rings. The molecular formula is C25H28N4O4. The van der Waals surface area contributed by atoms with Gasteiger partial charge in [-0.15, -0.1) is 0 Å². The van der Waals surface area contributed by atoms with E-state index in [4.69, 9.17) is 25.7 Å². The minimum atomic E-state index is -0.278. The number of methoxy groups -OCH3 is 3. The second-order valence-electron chi connectivity index (χ2n) is 7.14. The SMILES string of the molecule is COc1cc(NCc2ccc(C=CC(=O)Nc3ccccc3N)cc2N)cc(OC)c1OC. The molecule has 0 saturated carbocycles. The topological polar surface area (TPSA) is 121 Å². The third-order valence-corrected chi connectivity index (χ3v) is 4.96. The second-order valence-corrected chi connectivity index (χ2v) is 7.14. The van der Waals surface area contributed by atoms with Gasteiger partial charge in [-0.25, -0.2) is 0 Å². The van der Waals surface area contributed by atoms with Crippen molar-refractivity contribution < 1.29 is 19.0 Å². The lowest BCUT2D eigenvalue weighted by Crippen LogP contribution is -2.09. The van der Waals surface area contributed by atoms with E-state index >= 15 is 0 Å². The monoisotopic (exact) mass is 448 g/mol. The molecule has 3 aromatic rings. The van der Waals surface area contributed by atoms with Crippen molar-refractivity contribution in [1.29, 1.82) is 0 Å². The number of rotatable bonds is 9. The zero-order chi connectivity index (χ0) is 23.8. The van der Waals surface area contributed by atoms with Crippen LogP contribution in [0.5, 0.6) is 17.2 Å². The smallest absolute Gasteiger partial charge is 0.248 e. The van der Waals surface area contributed by atoms with Crippen molar-refractivity contribution in [2.75, 3.05) is 43.4 Å². The lowest BCUT2D eigenvalue weighted by atomic mass is 10.1. The fourth-order valence-electron chi connectivity index (χ4n) is 3.22. The summed E-state index contributed by atoms with van der Waals surface area (Å²) < 4.78 is 16.1.